The normalized spacial score (nSPS) is 13.4. The van der Waals surface area contributed by atoms with Crippen molar-refractivity contribution in [1.29, 1.82) is 0 Å². The fourth-order valence-electron chi connectivity index (χ4n) is 8.38. The van der Waals surface area contributed by atoms with E-state index >= 15 is 0 Å². The van der Waals surface area contributed by atoms with Crippen molar-refractivity contribution in [3.8, 4) is 23.0 Å². The molecule has 1 fully saturated rings. The van der Waals surface area contributed by atoms with Crippen molar-refractivity contribution >= 4 is 53.5 Å². The molecule has 0 atom stereocenters. The van der Waals surface area contributed by atoms with Crippen LogP contribution in [-0.4, -0.2) is 19.2 Å². The highest BCUT2D eigenvalue weighted by atomic mass is 16.7. The average Bonchev–Trinajstić information content (AvgIpc) is 3.32. The van der Waals surface area contributed by atoms with Gasteiger partial charge in [0.2, 0.25) is 0 Å². The number of hydrogen-bond donors (Lipinski definition) is 0. The van der Waals surface area contributed by atoms with Gasteiger partial charge in [-0.05, 0) is 138 Å². The summed E-state index contributed by atoms with van der Waals surface area (Å²) in [4.78, 5) is 26.7. The molecule has 8 rings (SSSR count). The van der Waals surface area contributed by atoms with Crippen molar-refractivity contribution in [2.75, 3.05) is 12.0 Å². The van der Waals surface area contributed by atoms with Crippen molar-refractivity contribution in [2.24, 2.45) is 0 Å². The SMILES string of the molecule is COc1cccc(C=Cc2ccc(N(c3ccc(C)cc3)c3ccc(C=Cc4cccc(OC(=O)Oc5ccc(C6(c7ccc(OC(C)=O)cc7)CCCCC6)cc5)c4)cc3)cc2)c1. The molecule has 0 N–H and O–H groups in total. The number of rotatable bonds is 13. The van der Waals surface area contributed by atoms with Gasteiger partial charge in [-0.1, -0.05) is 134 Å². The van der Waals surface area contributed by atoms with E-state index in [2.05, 4.69) is 115 Å². The molecule has 7 heteroatoms. The van der Waals surface area contributed by atoms with Crippen LogP contribution in [0.5, 0.6) is 23.0 Å². The standard InChI is InChI=1S/C57H51NO6/c1-41-13-27-49(28-14-41)58(50-29-19-43(20-30-50)15-17-45-9-7-11-54(39-45)61-3)51-31-21-44(22-32-51)16-18-46-10-8-12-55(40-46)64-56(60)63-53-35-25-48(26-36-53)57(37-5-4-6-38-57)47-23-33-52(34-24-47)62-42(2)59/h7-36,39-40H,4-6,37-38H2,1-3H3. The van der Waals surface area contributed by atoms with Crippen molar-refractivity contribution in [3.63, 3.8) is 0 Å². The Labute approximate surface area is 375 Å². The summed E-state index contributed by atoms with van der Waals surface area (Å²) in [5.74, 6) is 1.81. The Balaban J connectivity index is 0.912. The molecule has 7 aromatic rings. The summed E-state index contributed by atoms with van der Waals surface area (Å²) in [5, 5.41) is 0. The van der Waals surface area contributed by atoms with Gasteiger partial charge in [0.1, 0.15) is 23.0 Å². The quantitative estimate of drug-likeness (QED) is 0.0495. The summed E-state index contributed by atoms with van der Waals surface area (Å²) >= 11 is 0. The van der Waals surface area contributed by atoms with E-state index in [1.54, 1.807) is 13.2 Å². The van der Waals surface area contributed by atoms with Crippen LogP contribution in [0.2, 0.25) is 0 Å². The van der Waals surface area contributed by atoms with Gasteiger partial charge in [0.25, 0.3) is 0 Å². The zero-order valence-corrected chi connectivity index (χ0v) is 36.4. The number of methoxy groups -OCH3 is 1. The van der Waals surface area contributed by atoms with E-state index in [-0.39, 0.29) is 11.4 Å². The third-order valence-electron chi connectivity index (χ3n) is 11.7. The monoisotopic (exact) mass is 845 g/mol. The van der Waals surface area contributed by atoms with Gasteiger partial charge in [-0.15, -0.1) is 0 Å². The number of ether oxygens (including phenoxy) is 4. The first kappa shape index (κ1) is 43.0. The summed E-state index contributed by atoms with van der Waals surface area (Å²) in [6.07, 6.45) is 12.9. The second-order valence-corrected chi connectivity index (χ2v) is 16.1. The molecule has 0 aliphatic heterocycles. The Hall–Kier alpha value is -7.64. The number of carbonyl (C=O) groups excluding carboxylic acids is 2. The number of anilines is 3. The van der Waals surface area contributed by atoms with Crippen LogP contribution in [0.3, 0.4) is 0 Å². The molecule has 0 unspecified atom stereocenters. The van der Waals surface area contributed by atoms with E-state index in [1.165, 1.54) is 24.5 Å². The van der Waals surface area contributed by atoms with E-state index < -0.39 is 6.16 Å². The highest BCUT2D eigenvalue weighted by Crippen LogP contribution is 2.45. The zero-order valence-electron chi connectivity index (χ0n) is 36.4. The second-order valence-electron chi connectivity index (χ2n) is 16.1. The van der Waals surface area contributed by atoms with Crippen LogP contribution in [0.4, 0.5) is 21.9 Å². The van der Waals surface area contributed by atoms with Crippen LogP contribution in [0.25, 0.3) is 24.3 Å². The Kier molecular flexibility index (Phi) is 13.5. The maximum atomic E-state index is 13.0. The molecule has 320 valence electrons. The van der Waals surface area contributed by atoms with Crippen molar-refractivity contribution in [2.45, 2.75) is 51.4 Å². The minimum absolute atomic E-state index is 0.172. The minimum Gasteiger partial charge on any atom is -0.497 e. The van der Waals surface area contributed by atoms with Crippen LogP contribution in [0, 0.1) is 6.92 Å². The van der Waals surface area contributed by atoms with Gasteiger partial charge in [-0.25, -0.2) is 4.79 Å². The predicted octanol–water partition coefficient (Wildman–Crippen LogP) is 14.6. The van der Waals surface area contributed by atoms with E-state index in [1.807, 2.05) is 84.9 Å². The molecule has 0 bridgehead atoms. The van der Waals surface area contributed by atoms with Gasteiger partial charge < -0.3 is 23.8 Å². The summed E-state index contributed by atoms with van der Waals surface area (Å²) in [6, 6.07) is 56.4. The summed E-state index contributed by atoms with van der Waals surface area (Å²) < 4.78 is 21.9. The molecule has 1 saturated carbocycles. The first-order valence-electron chi connectivity index (χ1n) is 21.7. The smallest absolute Gasteiger partial charge is 0.497 e. The van der Waals surface area contributed by atoms with E-state index in [0.29, 0.717) is 17.2 Å². The number of hydrogen-bond acceptors (Lipinski definition) is 7. The molecule has 0 heterocycles. The van der Waals surface area contributed by atoms with Crippen LogP contribution in [-0.2, 0) is 10.2 Å². The molecule has 64 heavy (non-hydrogen) atoms. The first-order chi connectivity index (χ1) is 31.2. The number of esters is 1. The molecular formula is C57H51NO6. The fourth-order valence-corrected chi connectivity index (χ4v) is 8.38. The molecule has 0 radical (unpaired) electrons. The Bertz CT molecular complexity index is 2730. The van der Waals surface area contributed by atoms with Crippen molar-refractivity contribution in [1.82, 2.24) is 0 Å². The maximum absolute atomic E-state index is 13.0. The maximum Gasteiger partial charge on any atom is 0.519 e. The Morgan fingerprint density at radius 2 is 0.922 bits per heavy atom. The largest absolute Gasteiger partial charge is 0.519 e. The minimum atomic E-state index is -0.810. The van der Waals surface area contributed by atoms with Gasteiger partial charge in [-0.3, -0.25) is 4.79 Å². The molecule has 1 aliphatic carbocycles. The third-order valence-corrected chi connectivity index (χ3v) is 11.7. The molecule has 7 nitrogen and oxygen atoms in total. The lowest BCUT2D eigenvalue weighted by Gasteiger charge is -2.38. The number of nitrogens with zero attached hydrogens (tertiary/aromatic N) is 1. The van der Waals surface area contributed by atoms with Crippen LogP contribution in [0.15, 0.2) is 170 Å². The van der Waals surface area contributed by atoms with E-state index in [0.717, 1.165) is 76.3 Å². The number of aryl methyl sites for hydroxylation is 1. The lowest BCUT2D eigenvalue weighted by molar-refractivity contribution is -0.131. The molecular weight excluding hydrogens is 795 g/mol. The number of carbonyl (C=O) groups is 2. The van der Waals surface area contributed by atoms with Crippen molar-refractivity contribution in [3.05, 3.63) is 209 Å². The van der Waals surface area contributed by atoms with Crippen LogP contribution in [0.1, 0.15) is 78.0 Å². The van der Waals surface area contributed by atoms with Gasteiger partial charge >= 0.3 is 12.1 Å². The van der Waals surface area contributed by atoms with Gasteiger partial charge in [0.15, 0.2) is 0 Å². The molecule has 1 aliphatic rings. The Morgan fingerprint density at radius 3 is 1.42 bits per heavy atom. The van der Waals surface area contributed by atoms with E-state index in [9.17, 15) is 9.59 Å². The Morgan fingerprint density at radius 1 is 0.484 bits per heavy atom. The summed E-state index contributed by atoms with van der Waals surface area (Å²) in [6.45, 7) is 3.50. The molecule has 7 aromatic carbocycles. The molecule has 0 saturated heterocycles. The molecule has 0 aromatic heterocycles. The highest BCUT2D eigenvalue weighted by molar-refractivity contribution is 5.80. The molecule has 0 spiro atoms. The highest BCUT2D eigenvalue weighted by Gasteiger charge is 2.35. The van der Waals surface area contributed by atoms with Gasteiger partial charge in [0, 0.05) is 29.4 Å². The van der Waals surface area contributed by atoms with Gasteiger partial charge in [-0.2, -0.15) is 0 Å². The first-order valence-corrected chi connectivity index (χ1v) is 21.7. The lowest BCUT2D eigenvalue weighted by atomic mass is 9.65. The topological polar surface area (TPSA) is 74.3 Å². The second kappa shape index (κ2) is 20.0. The van der Waals surface area contributed by atoms with Crippen molar-refractivity contribution < 1.29 is 28.5 Å². The fraction of sp³-hybridized carbons (Fsp3) is 0.158. The third kappa shape index (κ3) is 10.7. The summed E-state index contributed by atoms with van der Waals surface area (Å²) in [7, 11) is 1.68. The summed E-state index contributed by atoms with van der Waals surface area (Å²) in [5.41, 5.74) is 10.6. The van der Waals surface area contributed by atoms with E-state index in [4.69, 9.17) is 18.9 Å². The lowest BCUT2D eigenvalue weighted by Crippen LogP contribution is -2.30. The van der Waals surface area contributed by atoms with Crippen LogP contribution < -0.4 is 23.8 Å². The van der Waals surface area contributed by atoms with Gasteiger partial charge in [0.05, 0.1) is 7.11 Å². The average molecular weight is 846 g/mol. The molecule has 0 amide bonds. The van der Waals surface area contributed by atoms with Crippen LogP contribution >= 0.6 is 0 Å². The zero-order chi connectivity index (χ0) is 44.3. The number of benzene rings is 7. The predicted molar refractivity (Wildman–Crippen MR) is 258 cm³/mol.